The van der Waals surface area contributed by atoms with E-state index in [0.717, 1.165) is 37.9 Å². The van der Waals surface area contributed by atoms with Gasteiger partial charge in [-0.25, -0.2) is 0 Å². The summed E-state index contributed by atoms with van der Waals surface area (Å²) >= 11 is 1.76. The molecule has 2 saturated heterocycles. The second-order valence-electron chi connectivity index (χ2n) is 7.21. The summed E-state index contributed by atoms with van der Waals surface area (Å²) in [7, 11) is 0. The molecule has 0 aromatic heterocycles. The average Bonchev–Trinajstić information content (AvgIpc) is 2.99. The maximum atomic E-state index is 13.0. The van der Waals surface area contributed by atoms with E-state index in [2.05, 4.69) is 23.5 Å². The highest BCUT2D eigenvalue weighted by atomic mass is 32.2. The van der Waals surface area contributed by atoms with Crippen LogP contribution in [0.1, 0.15) is 49.3 Å². The van der Waals surface area contributed by atoms with Crippen molar-refractivity contribution in [2.24, 2.45) is 5.73 Å². The molecule has 3 N–H and O–H groups in total. The summed E-state index contributed by atoms with van der Waals surface area (Å²) in [6, 6.07) is 7.55. The number of aryl methyl sites for hydroxylation is 1. The number of nitrogens with one attached hydrogen (secondary N) is 1. The normalized spacial score (nSPS) is 31.9. The Labute approximate surface area is 152 Å². The van der Waals surface area contributed by atoms with Crippen LogP contribution in [-0.2, 0) is 16.0 Å². The smallest absolute Gasteiger partial charge is 0.243 e. The number of nitrogens with two attached hydrogens (primary N) is 1. The first-order valence-electron chi connectivity index (χ1n) is 9.22. The molecular formula is C19H25N3O2S. The Morgan fingerprint density at radius 1 is 1.20 bits per heavy atom. The first-order valence-corrected chi connectivity index (χ1v) is 10.3. The minimum absolute atomic E-state index is 0.0211. The third kappa shape index (κ3) is 3.17. The molecule has 0 saturated carbocycles. The van der Waals surface area contributed by atoms with E-state index in [0.29, 0.717) is 6.42 Å². The van der Waals surface area contributed by atoms with E-state index in [1.54, 1.807) is 16.7 Å². The minimum atomic E-state index is -0.471. The Hall–Kier alpha value is -1.53. The molecule has 2 aliphatic heterocycles. The van der Waals surface area contributed by atoms with Crippen molar-refractivity contribution >= 4 is 23.6 Å². The van der Waals surface area contributed by atoms with Crippen molar-refractivity contribution in [2.75, 3.05) is 5.75 Å². The van der Waals surface area contributed by atoms with Crippen molar-refractivity contribution in [1.29, 1.82) is 0 Å². The molecule has 1 aromatic carbocycles. The van der Waals surface area contributed by atoms with Crippen LogP contribution in [0.15, 0.2) is 24.3 Å². The van der Waals surface area contributed by atoms with Crippen LogP contribution in [0.2, 0.25) is 0 Å². The van der Waals surface area contributed by atoms with E-state index in [9.17, 15) is 9.59 Å². The number of carbonyl (C=O) groups excluding carboxylic acids is 2. The van der Waals surface area contributed by atoms with Crippen LogP contribution in [0.25, 0.3) is 0 Å². The molecule has 1 aromatic rings. The minimum Gasteiger partial charge on any atom is -0.347 e. The van der Waals surface area contributed by atoms with E-state index in [-0.39, 0.29) is 29.3 Å². The van der Waals surface area contributed by atoms with Crippen molar-refractivity contribution in [3.63, 3.8) is 0 Å². The van der Waals surface area contributed by atoms with Gasteiger partial charge in [-0.2, -0.15) is 0 Å². The Kier molecular flexibility index (Phi) is 4.73. The molecule has 2 amide bonds. The number of benzene rings is 1. The third-order valence-corrected chi connectivity index (χ3v) is 6.95. The fourth-order valence-corrected chi connectivity index (χ4v) is 5.69. The van der Waals surface area contributed by atoms with E-state index in [1.165, 1.54) is 11.1 Å². The Bertz CT molecular complexity index is 680. The van der Waals surface area contributed by atoms with Crippen LogP contribution >= 0.6 is 11.8 Å². The lowest BCUT2D eigenvalue weighted by atomic mass is 9.87. The van der Waals surface area contributed by atoms with Crippen LogP contribution in [0.5, 0.6) is 0 Å². The lowest BCUT2D eigenvalue weighted by Crippen LogP contribution is -2.52. The topological polar surface area (TPSA) is 75.4 Å². The summed E-state index contributed by atoms with van der Waals surface area (Å²) in [5.74, 6) is 0.808. The summed E-state index contributed by atoms with van der Waals surface area (Å²) in [5, 5.41) is 3.33. The van der Waals surface area contributed by atoms with Gasteiger partial charge in [-0.05, 0) is 55.4 Å². The van der Waals surface area contributed by atoms with Crippen molar-refractivity contribution in [3.05, 3.63) is 35.4 Å². The lowest BCUT2D eigenvalue weighted by molar-refractivity contribution is -0.140. The summed E-state index contributed by atoms with van der Waals surface area (Å²) in [6.07, 6.45) is 5.42. The van der Waals surface area contributed by atoms with Gasteiger partial charge in [0.2, 0.25) is 11.8 Å². The summed E-state index contributed by atoms with van der Waals surface area (Å²) in [5.41, 5.74) is 8.56. The van der Waals surface area contributed by atoms with Gasteiger partial charge in [0, 0.05) is 0 Å². The number of carbonyl (C=O) groups is 2. The summed E-state index contributed by atoms with van der Waals surface area (Å²) < 4.78 is 0. The predicted molar refractivity (Wildman–Crippen MR) is 99.0 cm³/mol. The van der Waals surface area contributed by atoms with Crippen molar-refractivity contribution in [1.82, 2.24) is 10.2 Å². The van der Waals surface area contributed by atoms with Gasteiger partial charge in [0.25, 0.3) is 0 Å². The lowest BCUT2D eigenvalue weighted by Gasteiger charge is -2.32. The van der Waals surface area contributed by atoms with Crippen LogP contribution in [-0.4, -0.2) is 39.9 Å². The van der Waals surface area contributed by atoms with E-state index in [4.69, 9.17) is 5.73 Å². The van der Waals surface area contributed by atoms with Gasteiger partial charge in [-0.15, -0.1) is 11.8 Å². The molecule has 4 atom stereocenters. The number of rotatable bonds is 2. The van der Waals surface area contributed by atoms with Crippen LogP contribution in [0.3, 0.4) is 0 Å². The van der Waals surface area contributed by atoms with E-state index in [1.807, 2.05) is 6.07 Å². The fourth-order valence-electron chi connectivity index (χ4n) is 4.31. The molecule has 2 heterocycles. The molecule has 6 heteroatoms. The molecule has 0 bridgehead atoms. The zero-order valence-corrected chi connectivity index (χ0v) is 15.1. The second-order valence-corrected chi connectivity index (χ2v) is 8.50. The zero-order valence-electron chi connectivity index (χ0n) is 14.3. The maximum absolute atomic E-state index is 13.0. The van der Waals surface area contributed by atoms with Crippen LogP contribution < -0.4 is 11.1 Å². The van der Waals surface area contributed by atoms with Gasteiger partial charge < -0.3 is 16.0 Å². The van der Waals surface area contributed by atoms with Crippen LogP contribution in [0, 0.1) is 0 Å². The molecule has 4 rings (SSSR count). The molecule has 3 aliphatic rings. The SMILES string of the molecule is N[C@H]1CCS[C@H]2CC[C@@H](C(=O)N[C@@H]3CCCc4ccccc43)N2C1=O. The van der Waals surface area contributed by atoms with Crippen molar-refractivity contribution in [2.45, 2.75) is 62.0 Å². The number of nitrogens with zero attached hydrogens (tertiary/aromatic N) is 1. The number of amides is 2. The highest BCUT2D eigenvalue weighted by Gasteiger charge is 2.44. The predicted octanol–water partition coefficient (Wildman–Crippen LogP) is 1.96. The van der Waals surface area contributed by atoms with Gasteiger partial charge in [0.05, 0.1) is 17.5 Å². The zero-order chi connectivity index (χ0) is 17.4. The largest absolute Gasteiger partial charge is 0.347 e. The Balaban J connectivity index is 1.51. The fraction of sp³-hybridized carbons (Fsp3) is 0.579. The number of thioether (sulfide) groups is 1. The first-order chi connectivity index (χ1) is 12.1. The molecule has 134 valence electrons. The monoisotopic (exact) mass is 359 g/mol. The van der Waals surface area contributed by atoms with Gasteiger partial charge in [-0.3, -0.25) is 9.59 Å². The average molecular weight is 359 g/mol. The molecule has 2 fully saturated rings. The number of hydrogen-bond donors (Lipinski definition) is 2. The summed E-state index contributed by atoms with van der Waals surface area (Å²) in [6.45, 7) is 0. The highest BCUT2D eigenvalue weighted by molar-refractivity contribution is 7.99. The molecule has 0 spiro atoms. The molecular weight excluding hydrogens is 334 g/mol. The molecule has 0 radical (unpaired) electrons. The first kappa shape index (κ1) is 16.9. The van der Waals surface area contributed by atoms with Gasteiger partial charge in [0.15, 0.2) is 0 Å². The number of fused-ring (bicyclic) bond motifs is 2. The Morgan fingerprint density at radius 2 is 2.04 bits per heavy atom. The third-order valence-electron chi connectivity index (χ3n) is 5.63. The quantitative estimate of drug-likeness (QED) is 0.846. The molecule has 0 unspecified atom stereocenters. The van der Waals surface area contributed by atoms with Gasteiger partial charge in [0.1, 0.15) is 6.04 Å². The highest BCUT2D eigenvalue weighted by Crippen LogP contribution is 2.36. The van der Waals surface area contributed by atoms with E-state index >= 15 is 0 Å². The van der Waals surface area contributed by atoms with E-state index < -0.39 is 6.04 Å². The second kappa shape index (κ2) is 7.00. The molecule has 25 heavy (non-hydrogen) atoms. The summed E-state index contributed by atoms with van der Waals surface area (Å²) in [4.78, 5) is 27.4. The van der Waals surface area contributed by atoms with Gasteiger partial charge >= 0.3 is 0 Å². The van der Waals surface area contributed by atoms with Crippen LogP contribution in [0.4, 0.5) is 0 Å². The van der Waals surface area contributed by atoms with Crippen molar-refractivity contribution < 1.29 is 9.59 Å². The van der Waals surface area contributed by atoms with Crippen molar-refractivity contribution in [3.8, 4) is 0 Å². The maximum Gasteiger partial charge on any atom is 0.243 e. The molecule has 5 nitrogen and oxygen atoms in total. The standard InChI is InChI=1S/C19H25N3O2S/c20-14-10-11-25-17-9-8-16(22(17)19(14)24)18(23)21-15-7-3-5-12-4-1-2-6-13(12)15/h1-2,4,6,14-17H,3,5,7-11,20H2,(H,21,23)/t14-,15+,16-,17-/m0/s1. The molecule has 1 aliphatic carbocycles. The number of hydrogen-bond acceptors (Lipinski definition) is 4. The van der Waals surface area contributed by atoms with Gasteiger partial charge in [-0.1, -0.05) is 24.3 Å². The Morgan fingerprint density at radius 3 is 2.92 bits per heavy atom.